The minimum atomic E-state index is -0.213. The molecule has 3 nitrogen and oxygen atoms in total. The van der Waals surface area contributed by atoms with Gasteiger partial charge in [0.2, 0.25) is 0 Å². The standard InChI is InChI=1S/C15H12BrFN2OS/c1-20-11-4-5-13-14(7-11)19-15(18-13)21-8-9-2-3-10(16)6-12(9)17/h2-7H,8H2,1H3,(H,18,19). The van der Waals surface area contributed by atoms with Crippen LogP contribution in [0, 0.1) is 5.82 Å². The number of halogens is 2. The first-order valence-electron chi connectivity index (χ1n) is 6.26. The molecular formula is C15H12BrFN2OS. The minimum Gasteiger partial charge on any atom is -0.497 e. The van der Waals surface area contributed by atoms with Gasteiger partial charge in [-0.05, 0) is 29.8 Å². The van der Waals surface area contributed by atoms with Crippen molar-refractivity contribution in [2.45, 2.75) is 10.9 Å². The van der Waals surface area contributed by atoms with E-state index in [4.69, 9.17) is 4.74 Å². The number of hydrogen-bond donors (Lipinski definition) is 1. The molecule has 1 N–H and O–H groups in total. The monoisotopic (exact) mass is 366 g/mol. The van der Waals surface area contributed by atoms with Crippen LogP contribution in [0.4, 0.5) is 4.39 Å². The molecule has 0 aliphatic heterocycles. The largest absolute Gasteiger partial charge is 0.497 e. The summed E-state index contributed by atoms with van der Waals surface area (Å²) in [6.07, 6.45) is 0. The lowest BCUT2D eigenvalue weighted by atomic mass is 10.2. The van der Waals surface area contributed by atoms with Crippen LogP contribution in [-0.4, -0.2) is 17.1 Å². The summed E-state index contributed by atoms with van der Waals surface area (Å²) in [6, 6.07) is 10.7. The molecule has 2 aromatic carbocycles. The van der Waals surface area contributed by atoms with Gasteiger partial charge in [-0.25, -0.2) is 9.37 Å². The molecule has 0 unspecified atom stereocenters. The molecule has 0 spiro atoms. The molecule has 0 atom stereocenters. The quantitative estimate of drug-likeness (QED) is 0.676. The normalized spacial score (nSPS) is 11.0. The lowest BCUT2D eigenvalue weighted by molar-refractivity contribution is 0.415. The SMILES string of the molecule is COc1ccc2nc(SCc3ccc(Br)cc3F)[nH]c2c1. The average molecular weight is 367 g/mol. The van der Waals surface area contributed by atoms with Crippen molar-refractivity contribution in [1.29, 1.82) is 0 Å². The Hall–Kier alpha value is -1.53. The van der Waals surface area contributed by atoms with Crippen LogP contribution in [0.5, 0.6) is 5.75 Å². The first-order chi connectivity index (χ1) is 10.2. The van der Waals surface area contributed by atoms with E-state index in [9.17, 15) is 4.39 Å². The van der Waals surface area contributed by atoms with Crippen LogP contribution in [0.1, 0.15) is 5.56 Å². The molecule has 0 aliphatic rings. The topological polar surface area (TPSA) is 37.9 Å². The maximum Gasteiger partial charge on any atom is 0.166 e. The van der Waals surface area contributed by atoms with Crippen molar-refractivity contribution < 1.29 is 9.13 Å². The van der Waals surface area contributed by atoms with Gasteiger partial charge in [-0.3, -0.25) is 0 Å². The van der Waals surface area contributed by atoms with E-state index >= 15 is 0 Å². The van der Waals surface area contributed by atoms with Gasteiger partial charge in [0.1, 0.15) is 11.6 Å². The van der Waals surface area contributed by atoms with E-state index in [1.54, 1.807) is 13.2 Å². The first kappa shape index (κ1) is 14.4. The van der Waals surface area contributed by atoms with E-state index < -0.39 is 0 Å². The summed E-state index contributed by atoms with van der Waals surface area (Å²) in [5, 5.41) is 0.764. The molecular weight excluding hydrogens is 355 g/mol. The lowest BCUT2D eigenvalue weighted by Crippen LogP contribution is -1.87. The highest BCUT2D eigenvalue weighted by atomic mass is 79.9. The van der Waals surface area contributed by atoms with E-state index in [1.165, 1.54) is 17.8 Å². The third-order valence-electron chi connectivity index (χ3n) is 3.05. The van der Waals surface area contributed by atoms with Gasteiger partial charge in [-0.2, -0.15) is 0 Å². The third-order valence-corrected chi connectivity index (χ3v) is 4.46. The fourth-order valence-corrected chi connectivity index (χ4v) is 3.15. The second-order valence-electron chi connectivity index (χ2n) is 4.45. The summed E-state index contributed by atoms with van der Waals surface area (Å²) in [4.78, 5) is 7.68. The van der Waals surface area contributed by atoms with Crippen LogP contribution in [-0.2, 0) is 5.75 Å². The molecule has 108 valence electrons. The van der Waals surface area contributed by atoms with Gasteiger partial charge in [-0.1, -0.05) is 33.8 Å². The molecule has 0 saturated carbocycles. The fourth-order valence-electron chi connectivity index (χ4n) is 1.95. The molecule has 3 rings (SSSR count). The zero-order chi connectivity index (χ0) is 14.8. The number of methoxy groups -OCH3 is 1. The van der Waals surface area contributed by atoms with Crippen molar-refractivity contribution in [2.24, 2.45) is 0 Å². The maximum atomic E-state index is 13.8. The van der Waals surface area contributed by atoms with Crippen LogP contribution in [0.25, 0.3) is 11.0 Å². The maximum absolute atomic E-state index is 13.8. The zero-order valence-corrected chi connectivity index (χ0v) is 13.6. The number of hydrogen-bond acceptors (Lipinski definition) is 3. The molecule has 0 amide bonds. The summed E-state index contributed by atoms with van der Waals surface area (Å²) < 4.78 is 19.7. The van der Waals surface area contributed by atoms with Gasteiger partial charge in [0.05, 0.1) is 18.1 Å². The van der Waals surface area contributed by atoms with Gasteiger partial charge in [0.15, 0.2) is 5.16 Å². The summed E-state index contributed by atoms with van der Waals surface area (Å²) in [5.74, 6) is 1.09. The number of H-pyrrole nitrogens is 1. The van der Waals surface area contributed by atoms with E-state index in [2.05, 4.69) is 25.9 Å². The molecule has 3 aromatic rings. The number of aromatic nitrogens is 2. The predicted molar refractivity (Wildman–Crippen MR) is 86.3 cm³/mol. The highest BCUT2D eigenvalue weighted by Crippen LogP contribution is 2.27. The van der Waals surface area contributed by atoms with Gasteiger partial charge >= 0.3 is 0 Å². The predicted octanol–water partition coefficient (Wildman–Crippen LogP) is 4.77. The Morgan fingerprint density at radius 1 is 1.29 bits per heavy atom. The number of imidazole rings is 1. The third kappa shape index (κ3) is 3.22. The Balaban J connectivity index is 1.78. The van der Waals surface area contributed by atoms with Crippen molar-refractivity contribution in [3.05, 3.63) is 52.3 Å². The second kappa shape index (κ2) is 6.07. The van der Waals surface area contributed by atoms with Crippen LogP contribution >= 0.6 is 27.7 Å². The van der Waals surface area contributed by atoms with Gasteiger partial charge in [0, 0.05) is 16.3 Å². The highest BCUT2D eigenvalue weighted by molar-refractivity contribution is 9.10. The van der Waals surface area contributed by atoms with Crippen molar-refractivity contribution in [3.63, 3.8) is 0 Å². The van der Waals surface area contributed by atoms with Crippen LogP contribution in [0.15, 0.2) is 46.0 Å². The summed E-state index contributed by atoms with van der Waals surface area (Å²) >= 11 is 4.72. The molecule has 6 heteroatoms. The number of benzene rings is 2. The van der Waals surface area contributed by atoms with Gasteiger partial charge in [0.25, 0.3) is 0 Å². The molecule has 0 radical (unpaired) electrons. The number of nitrogens with one attached hydrogen (secondary N) is 1. The Labute approximate surface area is 134 Å². The number of fused-ring (bicyclic) bond motifs is 1. The average Bonchev–Trinajstić information content (AvgIpc) is 2.88. The summed E-state index contributed by atoms with van der Waals surface area (Å²) in [7, 11) is 1.63. The Kier molecular flexibility index (Phi) is 4.17. The Morgan fingerprint density at radius 3 is 2.90 bits per heavy atom. The van der Waals surface area contributed by atoms with Crippen molar-refractivity contribution in [2.75, 3.05) is 7.11 Å². The number of nitrogens with zero attached hydrogens (tertiary/aromatic N) is 1. The molecule has 0 bridgehead atoms. The van der Waals surface area contributed by atoms with E-state index in [0.717, 1.165) is 26.4 Å². The molecule has 1 heterocycles. The zero-order valence-electron chi connectivity index (χ0n) is 11.2. The van der Waals surface area contributed by atoms with Crippen molar-refractivity contribution >= 4 is 38.7 Å². The van der Waals surface area contributed by atoms with Crippen LogP contribution < -0.4 is 4.74 Å². The number of thioether (sulfide) groups is 1. The Bertz CT molecular complexity index is 790. The van der Waals surface area contributed by atoms with Crippen LogP contribution in [0.2, 0.25) is 0 Å². The van der Waals surface area contributed by atoms with E-state index in [0.29, 0.717) is 11.3 Å². The molecule has 1 aromatic heterocycles. The number of aromatic amines is 1. The molecule has 0 saturated heterocycles. The van der Waals surface area contributed by atoms with E-state index in [-0.39, 0.29) is 5.82 Å². The molecule has 0 aliphatic carbocycles. The number of rotatable bonds is 4. The smallest absolute Gasteiger partial charge is 0.166 e. The van der Waals surface area contributed by atoms with Crippen molar-refractivity contribution in [1.82, 2.24) is 9.97 Å². The van der Waals surface area contributed by atoms with E-state index in [1.807, 2.05) is 24.3 Å². The van der Waals surface area contributed by atoms with Crippen LogP contribution in [0.3, 0.4) is 0 Å². The first-order valence-corrected chi connectivity index (χ1v) is 8.04. The minimum absolute atomic E-state index is 0.213. The number of ether oxygens (including phenoxy) is 1. The molecule has 21 heavy (non-hydrogen) atoms. The Morgan fingerprint density at radius 2 is 2.14 bits per heavy atom. The fraction of sp³-hybridized carbons (Fsp3) is 0.133. The molecule has 0 fully saturated rings. The van der Waals surface area contributed by atoms with Gasteiger partial charge < -0.3 is 9.72 Å². The van der Waals surface area contributed by atoms with Crippen molar-refractivity contribution in [3.8, 4) is 5.75 Å². The lowest BCUT2D eigenvalue weighted by Gasteiger charge is -2.01. The summed E-state index contributed by atoms with van der Waals surface area (Å²) in [6.45, 7) is 0. The highest BCUT2D eigenvalue weighted by Gasteiger charge is 2.07. The second-order valence-corrected chi connectivity index (χ2v) is 6.33. The summed E-state index contributed by atoms with van der Waals surface area (Å²) in [5.41, 5.74) is 2.43. The van der Waals surface area contributed by atoms with Gasteiger partial charge in [-0.15, -0.1) is 0 Å².